The Hall–Kier alpha value is -2.24. The van der Waals surface area contributed by atoms with Crippen molar-refractivity contribution in [1.29, 1.82) is 0 Å². The molecule has 0 aliphatic rings. The zero-order valence-corrected chi connectivity index (χ0v) is 14.7. The minimum Gasteiger partial charge on any atom is -0.494 e. The van der Waals surface area contributed by atoms with E-state index >= 15 is 0 Å². The summed E-state index contributed by atoms with van der Waals surface area (Å²) in [5.74, 6) is -0.0971. The van der Waals surface area contributed by atoms with Gasteiger partial charge >= 0.3 is 0 Å². The maximum absolute atomic E-state index is 12.2. The Morgan fingerprint density at radius 2 is 1.67 bits per heavy atom. The van der Waals surface area contributed by atoms with Crippen LogP contribution in [0.1, 0.15) is 22.8 Å². The van der Waals surface area contributed by atoms with Crippen LogP contribution in [0.25, 0.3) is 0 Å². The molecule has 0 aliphatic carbocycles. The van der Waals surface area contributed by atoms with Gasteiger partial charge in [0.1, 0.15) is 0 Å². The topological polar surface area (TPSA) is 67.4 Å². The van der Waals surface area contributed by atoms with Crippen LogP contribution in [0.2, 0.25) is 10.0 Å². The summed E-state index contributed by atoms with van der Waals surface area (Å²) in [4.78, 5) is 23.2. The molecule has 2 aromatic rings. The van der Waals surface area contributed by atoms with E-state index in [4.69, 9.17) is 27.9 Å². The molecule has 7 heteroatoms. The lowest BCUT2D eigenvalue weighted by atomic mass is 10.1. The van der Waals surface area contributed by atoms with E-state index < -0.39 is 0 Å². The van der Waals surface area contributed by atoms with Crippen molar-refractivity contribution in [2.24, 2.45) is 0 Å². The first-order valence-electron chi connectivity index (χ1n) is 7.08. The molecule has 0 aliphatic heterocycles. The largest absolute Gasteiger partial charge is 0.494 e. The van der Waals surface area contributed by atoms with Crippen molar-refractivity contribution in [3.05, 3.63) is 57.6 Å². The third kappa shape index (κ3) is 4.63. The molecule has 0 unspecified atom stereocenters. The van der Waals surface area contributed by atoms with Crippen LogP contribution in [0.4, 0.5) is 5.69 Å². The lowest BCUT2D eigenvalue weighted by Crippen LogP contribution is -2.22. The van der Waals surface area contributed by atoms with Crippen molar-refractivity contribution in [3.63, 3.8) is 0 Å². The van der Waals surface area contributed by atoms with Gasteiger partial charge in [-0.05, 0) is 29.8 Å². The zero-order chi connectivity index (χ0) is 17.7. The number of anilines is 1. The summed E-state index contributed by atoms with van der Waals surface area (Å²) in [6, 6.07) is 10.2. The minimum absolute atomic E-state index is 0.135. The Morgan fingerprint density at radius 1 is 1.08 bits per heavy atom. The number of nitrogens with one attached hydrogen (secondary N) is 2. The summed E-state index contributed by atoms with van der Waals surface area (Å²) in [5, 5.41) is 6.01. The SMILES string of the molecule is COc1c(Cl)cc(C(=O)NCc2ccc(NC(C)=O)cc2)cc1Cl. The van der Waals surface area contributed by atoms with Crippen molar-refractivity contribution in [2.75, 3.05) is 12.4 Å². The Bertz CT molecular complexity index is 738. The fourth-order valence-corrected chi connectivity index (χ4v) is 2.72. The molecule has 0 atom stereocenters. The van der Waals surface area contributed by atoms with Crippen molar-refractivity contribution in [1.82, 2.24) is 5.32 Å². The van der Waals surface area contributed by atoms with Gasteiger partial charge in [-0.3, -0.25) is 9.59 Å². The van der Waals surface area contributed by atoms with Gasteiger partial charge in [0, 0.05) is 24.7 Å². The van der Waals surface area contributed by atoms with Gasteiger partial charge in [0.05, 0.1) is 17.2 Å². The molecule has 0 aromatic heterocycles. The van der Waals surface area contributed by atoms with Crippen LogP contribution in [-0.2, 0) is 11.3 Å². The van der Waals surface area contributed by atoms with Crippen molar-refractivity contribution < 1.29 is 14.3 Å². The van der Waals surface area contributed by atoms with E-state index in [9.17, 15) is 9.59 Å². The van der Waals surface area contributed by atoms with E-state index in [0.29, 0.717) is 23.5 Å². The van der Waals surface area contributed by atoms with Gasteiger partial charge in [-0.2, -0.15) is 0 Å². The maximum atomic E-state index is 12.2. The van der Waals surface area contributed by atoms with Gasteiger partial charge in [0.25, 0.3) is 5.91 Å². The van der Waals surface area contributed by atoms with Crippen molar-refractivity contribution in [3.8, 4) is 5.75 Å². The molecule has 2 rings (SSSR count). The Balaban J connectivity index is 2.01. The average molecular weight is 367 g/mol. The molecule has 24 heavy (non-hydrogen) atoms. The maximum Gasteiger partial charge on any atom is 0.251 e. The zero-order valence-electron chi connectivity index (χ0n) is 13.2. The van der Waals surface area contributed by atoms with Gasteiger partial charge in [-0.25, -0.2) is 0 Å². The van der Waals surface area contributed by atoms with Gasteiger partial charge in [-0.15, -0.1) is 0 Å². The van der Waals surface area contributed by atoms with Gasteiger partial charge < -0.3 is 15.4 Å². The van der Waals surface area contributed by atoms with E-state index in [1.165, 1.54) is 26.2 Å². The number of halogens is 2. The predicted octanol–water partition coefficient (Wildman–Crippen LogP) is 3.89. The van der Waals surface area contributed by atoms with Gasteiger partial charge in [-0.1, -0.05) is 35.3 Å². The van der Waals surface area contributed by atoms with Crippen LogP contribution in [0, 0.1) is 0 Å². The number of carbonyl (C=O) groups is 2. The molecule has 0 bridgehead atoms. The minimum atomic E-state index is -0.299. The molecule has 0 spiro atoms. The molecule has 2 amide bonds. The monoisotopic (exact) mass is 366 g/mol. The molecule has 0 saturated carbocycles. The lowest BCUT2D eigenvalue weighted by molar-refractivity contribution is -0.114. The van der Waals surface area contributed by atoms with E-state index in [-0.39, 0.29) is 21.9 Å². The summed E-state index contributed by atoms with van der Waals surface area (Å²) >= 11 is 12.1. The predicted molar refractivity (Wildman–Crippen MR) is 94.9 cm³/mol. The smallest absolute Gasteiger partial charge is 0.251 e. The van der Waals surface area contributed by atoms with Crippen LogP contribution in [0.15, 0.2) is 36.4 Å². The number of rotatable bonds is 5. The number of methoxy groups -OCH3 is 1. The van der Waals surface area contributed by atoms with Gasteiger partial charge in [0.2, 0.25) is 5.91 Å². The number of hydrogen-bond acceptors (Lipinski definition) is 3. The van der Waals surface area contributed by atoms with Crippen LogP contribution in [-0.4, -0.2) is 18.9 Å². The summed E-state index contributed by atoms with van der Waals surface area (Å²) in [6.07, 6.45) is 0. The fraction of sp³-hybridized carbons (Fsp3) is 0.176. The summed E-state index contributed by atoms with van der Waals surface area (Å²) in [7, 11) is 1.46. The first-order chi connectivity index (χ1) is 11.4. The molecule has 0 fully saturated rings. The van der Waals surface area contributed by atoms with Crippen LogP contribution < -0.4 is 15.4 Å². The van der Waals surface area contributed by atoms with E-state index in [1.807, 2.05) is 12.1 Å². The third-order valence-corrected chi connectivity index (χ3v) is 3.75. The normalized spacial score (nSPS) is 10.2. The van der Waals surface area contributed by atoms with Crippen molar-refractivity contribution >= 4 is 40.7 Å². The molecular formula is C17H16Cl2N2O3. The molecule has 5 nitrogen and oxygen atoms in total. The van der Waals surface area contributed by atoms with E-state index in [2.05, 4.69) is 10.6 Å². The number of amides is 2. The molecular weight excluding hydrogens is 351 g/mol. The van der Waals surface area contributed by atoms with Gasteiger partial charge in [0.15, 0.2) is 5.75 Å². The number of benzene rings is 2. The number of ether oxygens (including phenoxy) is 1. The second kappa shape index (κ2) is 8.04. The number of carbonyl (C=O) groups excluding carboxylic acids is 2. The van der Waals surface area contributed by atoms with Crippen LogP contribution in [0.3, 0.4) is 0 Å². The lowest BCUT2D eigenvalue weighted by Gasteiger charge is -2.10. The molecule has 0 saturated heterocycles. The highest BCUT2D eigenvalue weighted by atomic mass is 35.5. The van der Waals surface area contributed by atoms with E-state index in [0.717, 1.165) is 5.56 Å². The Labute approximate surface area is 149 Å². The molecule has 2 N–H and O–H groups in total. The first kappa shape index (κ1) is 18.1. The third-order valence-electron chi connectivity index (χ3n) is 3.19. The second-order valence-corrected chi connectivity index (χ2v) is 5.85. The number of hydrogen-bond donors (Lipinski definition) is 2. The standard InChI is InChI=1S/C17H16Cl2N2O3/c1-10(22)21-13-5-3-11(4-6-13)9-20-17(23)12-7-14(18)16(24-2)15(19)8-12/h3-8H,9H2,1-2H3,(H,20,23)(H,21,22). The van der Waals surface area contributed by atoms with E-state index in [1.54, 1.807) is 12.1 Å². The fourth-order valence-electron chi connectivity index (χ4n) is 2.08. The highest BCUT2D eigenvalue weighted by molar-refractivity contribution is 6.37. The Kier molecular flexibility index (Phi) is 6.06. The quantitative estimate of drug-likeness (QED) is 0.843. The summed E-state index contributed by atoms with van der Waals surface area (Å²) in [6.45, 7) is 1.78. The highest BCUT2D eigenvalue weighted by Crippen LogP contribution is 2.33. The first-order valence-corrected chi connectivity index (χ1v) is 7.84. The highest BCUT2D eigenvalue weighted by Gasteiger charge is 2.13. The Morgan fingerprint density at radius 3 is 2.17 bits per heavy atom. The molecule has 0 radical (unpaired) electrons. The van der Waals surface area contributed by atoms with Crippen LogP contribution in [0.5, 0.6) is 5.75 Å². The second-order valence-electron chi connectivity index (χ2n) is 5.03. The van der Waals surface area contributed by atoms with Crippen molar-refractivity contribution in [2.45, 2.75) is 13.5 Å². The summed E-state index contributed by atoms with van der Waals surface area (Å²) in [5.41, 5.74) is 1.94. The molecule has 126 valence electrons. The van der Waals surface area contributed by atoms with Crippen LogP contribution >= 0.6 is 23.2 Å². The molecule has 0 heterocycles. The molecule has 2 aromatic carbocycles. The average Bonchev–Trinajstić information content (AvgIpc) is 2.53. The summed E-state index contributed by atoms with van der Waals surface area (Å²) < 4.78 is 5.05.